The molecule has 0 bridgehead atoms. The fraction of sp³-hybridized carbons (Fsp3) is 0.478. The highest BCUT2D eigenvalue weighted by molar-refractivity contribution is 5.88. The molecule has 0 saturated heterocycles. The third-order valence-corrected chi connectivity index (χ3v) is 5.60. The minimum absolute atomic E-state index is 0.134. The molecule has 1 aromatic heterocycles. The molecule has 0 radical (unpaired) electrons. The maximum Gasteiger partial charge on any atom is 0.336 e. The maximum absolute atomic E-state index is 13.6. The standard InChI is InChI=1S/C17H21FN2O.C6H8O7/c1-12-9-15(21-20-12)10-13-6-4-8-17(13)19-11-14-5-2-3-7-16(14)18;7-3(8)1-6(13,5(11)12)2-4(9)10/h2-3,5,7,9,13,17,19H,4,6,8,10-11H2,1H3;13H,1-2H2,(H,7,8)(H,9,10)(H,11,12)/t13-,17+;/m0./s1. The summed E-state index contributed by atoms with van der Waals surface area (Å²) in [7, 11) is 0. The van der Waals surface area contributed by atoms with Gasteiger partial charge in [0.2, 0.25) is 0 Å². The molecule has 1 aliphatic carbocycles. The third-order valence-electron chi connectivity index (χ3n) is 5.60. The molecule has 0 unspecified atom stereocenters. The largest absolute Gasteiger partial charge is 0.481 e. The van der Waals surface area contributed by atoms with Crippen molar-refractivity contribution in [1.29, 1.82) is 0 Å². The molecule has 1 heterocycles. The zero-order valence-corrected chi connectivity index (χ0v) is 18.7. The maximum atomic E-state index is 13.6. The molecule has 11 heteroatoms. The van der Waals surface area contributed by atoms with E-state index >= 15 is 0 Å². The number of halogens is 1. The number of aromatic nitrogens is 1. The number of aliphatic hydroxyl groups is 1. The fourth-order valence-corrected chi connectivity index (χ4v) is 3.92. The molecular formula is C23H29FN2O8. The minimum Gasteiger partial charge on any atom is -0.481 e. The monoisotopic (exact) mass is 480 g/mol. The van der Waals surface area contributed by atoms with E-state index in [1.807, 2.05) is 25.1 Å². The summed E-state index contributed by atoms with van der Waals surface area (Å²) in [5.41, 5.74) is -1.07. The first-order valence-electron chi connectivity index (χ1n) is 10.8. The lowest BCUT2D eigenvalue weighted by molar-refractivity contribution is -0.170. The molecule has 1 saturated carbocycles. The van der Waals surface area contributed by atoms with Crippen molar-refractivity contribution >= 4 is 17.9 Å². The summed E-state index contributed by atoms with van der Waals surface area (Å²) in [5, 5.41) is 41.3. The lowest BCUT2D eigenvalue weighted by atomic mass is 9.96. The van der Waals surface area contributed by atoms with Crippen LogP contribution in [0.25, 0.3) is 0 Å². The highest BCUT2D eigenvalue weighted by Gasteiger charge is 2.40. The number of carboxylic acid groups (broad SMARTS) is 3. The first-order valence-corrected chi connectivity index (χ1v) is 10.8. The van der Waals surface area contributed by atoms with Crippen LogP contribution in [-0.4, -0.2) is 55.1 Å². The Hall–Kier alpha value is -3.31. The fourth-order valence-electron chi connectivity index (χ4n) is 3.92. The lowest BCUT2D eigenvalue weighted by Gasteiger charge is -2.20. The normalized spacial score (nSPS) is 17.6. The highest BCUT2D eigenvalue weighted by atomic mass is 19.1. The van der Waals surface area contributed by atoms with E-state index < -0.39 is 36.4 Å². The average molecular weight is 480 g/mol. The van der Waals surface area contributed by atoms with Crippen molar-refractivity contribution in [3.05, 3.63) is 53.2 Å². The molecule has 0 spiro atoms. The molecule has 2 atom stereocenters. The third kappa shape index (κ3) is 8.23. The van der Waals surface area contributed by atoms with Gasteiger partial charge in [-0.2, -0.15) is 0 Å². The Morgan fingerprint density at radius 1 is 1.15 bits per heavy atom. The lowest BCUT2D eigenvalue weighted by Crippen LogP contribution is -2.42. The molecule has 34 heavy (non-hydrogen) atoms. The summed E-state index contributed by atoms with van der Waals surface area (Å²) in [4.78, 5) is 30.5. The summed E-state index contributed by atoms with van der Waals surface area (Å²) >= 11 is 0. The Balaban J connectivity index is 0.000000273. The van der Waals surface area contributed by atoms with E-state index in [0.29, 0.717) is 18.5 Å². The predicted molar refractivity (Wildman–Crippen MR) is 116 cm³/mol. The summed E-state index contributed by atoms with van der Waals surface area (Å²) in [6, 6.07) is 9.39. The van der Waals surface area contributed by atoms with Crippen molar-refractivity contribution in [2.45, 2.75) is 63.6 Å². The van der Waals surface area contributed by atoms with Crippen LogP contribution < -0.4 is 5.32 Å². The van der Waals surface area contributed by atoms with Gasteiger partial charge in [0.05, 0.1) is 18.5 Å². The van der Waals surface area contributed by atoms with E-state index in [2.05, 4.69) is 10.5 Å². The minimum atomic E-state index is -2.74. The van der Waals surface area contributed by atoms with E-state index in [0.717, 1.165) is 29.9 Å². The summed E-state index contributed by atoms with van der Waals surface area (Å²) in [6.45, 7) is 2.53. The van der Waals surface area contributed by atoms with Gasteiger partial charge in [-0.3, -0.25) is 9.59 Å². The molecule has 2 aromatic rings. The predicted octanol–water partition coefficient (Wildman–Crippen LogP) is 2.37. The number of carbonyl (C=O) groups is 3. The van der Waals surface area contributed by atoms with Gasteiger partial charge in [-0.25, -0.2) is 9.18 Å². The number of hydrogen-bond donors (Lipinski definition) is 5. The van der Waals surface area contributed by atoms with Gasteiger partial charge in [0.15, 0.2) is 5.60 Å². The SMILES string of the molecule is Cc1cc(C[C@@H]2CCC[C@H]2NCc2ccccc2F)on1.O=C(O)CC(O)(CC(=O)O)C(=O)O. The second-order valence-corrected chi connectivity index (χ2v) is 8.39. The van der Waals surface area contributed by atoms with Crippen LogP contribution in [0.3, 0.4) is 0 Å². The molecule has 0 amide bonds. The number of carboxylic acids is 3. The number of nitrogens with one attached hydrogen (secondary N) is 1. The number of rotatable bonds is 10. The van der Waals surface area contributed by atoms with Crippen LogP contribution in [0.4, 0.5) is 4.39 Å². The summed E-state index contributed by atoms with van der Waals surface area (Å²) in [6.07, 6.45) is 2.17. The molecule has 5 N–H and O–H groups in total. The van der Waals surface area contributed by atoms with Crippen molar-refractivity contribution in [3.63, 3.8) is 0 Å². The Labute approximate surface area is 195 Å². The average Bonchev–Trinajstić information content (AvgIpc) is 3.35. The quantitative estimate of drug-likeness (QED) is 0.340. The van der Waals surface area contributed by atoms with Gasteiger partial charge in [-0.15, -0.1) is 0 Å². The van der Waals surface area contributed by atoms with Crippen molar-refractivity contribution < 1.29 is 43.7 Å². The number of nitrogens with zero attached hydrogens (tertiary/aromatic N) is 1. The van der Waals surface area contributed by atoms with E-state index in [-0.39, 0.29) is 5.82 Å². The van der Waals surface area contributed by atoms with Gasteiger partial charge >= 0.3 is 17.9 Å². The molecule has 1 fully saturated rings. The molecule has 10 nitrogen and oxygen atoms in total. The zero-order valence-electron chi connectivity index (χ0n) is 18.7. The Morgan fingerprint density at radius 3 is 2.32 bits per heavy atom. The highest BCUT2D eigenvalue weighted by Crippen LogP contribution is 2.29. The van der Waals surface area contributed by atoms with E-state index in [1.165, 1.54) is 18.9 Å². The smallest absolute Gasteiger partial charge is 0.336 e. The first kappa shape index (κ1) is 26.9. The van der Waals surface area contributed by atoms with E-state index in [1.54, 1.807) is 6.07 Å². The van der Waals surface area contributed by atoms with Gasteiger partial charge in [0, 0.05) is 30.6 Å². The van der Waals surface area contributed by atoms with Gasteiger partial charge in [0.1, 0.15) is 11.6 Å². The molecule has 3 rings (SSSR count). The van der Waals surface area contributed by atoms with Crippen molar-refractivity contribution in [2.24, 2.45) is 5.92 Å². The summed E-state index contributed by atoms with van der Waals surface area (Å²) < 4.78 is 19.0. The van der Waals surface area contributed by atoms with Gasteiger partial charge < -0.3 is 30.3 Å². The Bertz CT molecular complexity index is 977. The van der Waals surface area contributed by atoms with Gasteiger partial charge in [-0.05, 0) is 31.7 Å². The number of benzene rings is 1. The number of hydrogen-bond acceptors (Lipinski definition) is 7. The van der Waals surface area contributed by atoms with Crippen LogP contribution in [0, 0.1) is 18.7 Å². The molecule has 0 aliphatic heterocycles. The van der Waals surface area contributed by atoms with Crippen molar-refractivity contribution in [2.75, 3.05) is 0 Å². The number of aryl methyl sites for hydroxylation is 1. The van der Waals surface area contributed by atoms with Crippen molar-refractivity contribution in [3.8, 4) is 0 Å². The van der Waals surface area contributed by atoms with Crippen LogP contribution in [0.1, 0.15) is 49.1 Å². The topological polar surface area (TPSA) is 170 Å². The molecule has 186 valence electrons. The molecule has 1 aliphatic rings. The first-order chi connectivity index (χ1) is 16.0. The second kappa shape index (κ2) is 12.2. The van der Waals surface area contributed by atoms with Crippen LogP contribution in [0.2, 0.25) is 0 Å². The summed E-state index contributed by atoms with van der Waals surface area (Å²) in [5.74, 6) is -3.65. The van der Waals surface area contributed by atoms with Gasteiger partial charge in [0.25, 0.3) is 0 Å². The second-order valence-electron chi connectivity index (χ2n) is 8.39. The zero-order chi connectivity index (χ0) is 25.3. The molecule has 1 aromatic carbocycles. The van der Waals surface area contributed by atoms with Gasteiger partial charge in [-0.1, -0.05) is 29.8 Å². The van der Waals surface area contributed by atoms with E-state index in [4.69, 9.17) is 24.9 Å². The Morgan fingerprint density at radius 2 is 1.79 bits per heavy atom. The Kier molecular flexibility index (Phi) is 9.69. The van der Waals surface area contributed by atoms with Crippen LogP contribution in [-0.2, 0) is 27.3 Å². The van der Waals surface area contributed by atoms with Crippen LogP contribution >= 0.6 is 0 Å². The van der Waals surface area contributed by atoms with Crippen molar-refractivity contribution in [1.82, 2.24) is 10.5 Å². The van der Waals surface area contributed by atoms with Crippen LogP contribution in [0.5, 0.6) is 0 Å². The molecular weight excluding hydrogens is 451 g/mol. The number of aliphatic carboxylic acids is 3. The van der Waals surface area contributed by atoms with Crippen LogP contribution in [0.15, 0.2) is 34.9 Å². The van der Waals surface area contributed by atoms with E-state index in [9.17, 15) is 18.8 Å².